The first-order valence-corrected chi connectivity index (χ1v) is 6.90. The van der Waals surface area contributed by atoms with Crippen LogP contribution in [-0.4, -0.2) is 9.97 Å². The van der Waals surface area contributed by atoms with Gasteiger partial charge in [-0.05, 0) is 53.0 Å². The van der Waals surface area contributed by atoms with Gasteiger partial charge in [-0.15, -0.1) is 0 Å². The van der Waals surface area contributed by atoms with Gasteiger partial charge in [0.25, 0.3) is 0 Å². The van der Waals surface area contributed by atoms with Gasteiger partial charge in [-0.2, -0.15) is 0 Å². The lowest BCUT2D eigenvalue weighted by molar-refractivity contribution is 0.627. The lowest BCUT2D eigenvalue weighted by Crippen LogP contribution is -2.03. The van der Waals surface area contributed by atoms with Gasteiger partial charge < -0.3 is 5.73 Å². The van der Waals surface area contributed by atoms with Crippen LogP contribution in [0.15, 0.2) is 22.7 Å². The molecule has 19 heavy (non-hydrogen) atoms. The van der Waals surface area contributed by atoms with Gasteiger partial charge >= 0.3 is 0 Å². The monoisotopic (exact) mass is 323 g/mol. The summed E-state index contributed by atoms with van der Waals surface area (Å²) in [5.74, 6) is 0.693. The van der Waals surface area contributed by atoms with Crippen molar-refractivity contribution in [3.8, 4) is 11.4 Å². The summed E-state index contributed by atoms with van der Waals surface area (Å²) in [7, 11) is 0. The number of aromatic nitrogens is 2. The highest BCUT2D eigenvalue weighted by molar-refractivity contribution is 9.10. The zero-order valence-corrected chi connectivity index (χ0v) is 12.5. The Kier molecular flexibility index (Phi) is 4.14. The van der Waals surface area contributed by atoms with Crippen molar-refractivity contribution in [2.45, 2.75) is 26.7 Å². The second-order valence-corrected chi connectivity index (χ2v) is 5.20. The van der Waals surface area contributed by atoms with Gasteiger partial charge in [0.1, 0.15) is 11.6 Å². The van der Waals surface area contributed by atoms with Crippen molar-refractivity contribution < 1.29 is 4.39 Å². The smallest absolute Gasteiger partial charge is 0.162 e. The molecule has 0 saturated heterocycles. The molecule has 100 valence electrons. The SMILES string of the molecule is CCCc1nc(-c2ccc(F)cc2C)nc(N)c1Br. The molecule has 2 aromatic rings. The molecule has 0 saturated carbocycles. The molecule has 0 amide bonds. The second kappa shape index (κ2) is 5.65. The van der Waals surface area contributed by atoms with Crippen molar-refractivity contribution in [3.05, 3.63) is 39.7 Å². The van der Waals surface area contributed by atoms with E-state index in [9.17, 15) is 4.39 Å². The molecule has 0 aliphatic carbocycles. The highest BCUT2D eigenvalue weighted by Crippen LogP contribution is 2.27. The highest BCUT2D eigenvalue weighted by Gasteiger charge is 2.12. The molecule has 0 atom stereocenters. The molecule has 2 rings (SSSR count). The Morgan fingerprint density at radius 1 is 1.32 bits per heavy atom. The first-order chi connectivity index (χ1) is 9.02. The van der Waals surface area contributed by atoms with Crippen LogP contribution in [-0.2, 0) is 6.42 Å². The molecule has 0 unspecified atom stereocenters. The minimum Gasteiger partial charge on any atom is -0.383 e. The minimum atomic E-state index is -0.264. The van der Waals surface area contributed by atoms with Crippen LogP contribution in [0, 0.1) is 12.7 Å². The Morgan fingerprint density at radius 3 is 2.68 bits per heavy atom. The Balaban J connectivity index is 2.56. The number of hydrogen-bond acceptors (Lipinski definition) is 3. The van der Waals surface area contributed by atoms with Crippen LogP contribution in [0.25, 0.3) is 11.4 Å². The molecule has 1 aromatic carbocycles. The van der Waals surface area contributed by atoms with E-state index >= 15 is 0 Å². The molecule has 0 bridgehead atoms. The molecule has 1 aromatic heterocycles. The number of hydrogen-bond donors (Lipinski definition) is 1. The third-order valence-electron chi connectivity index (χ3n) is 2.86. The number of anilines is 1. The Bertz CT molecular complexity index is 614. The number of nitrogens with two attached hydrogens (primary N) is 1. The second-order valence-electron chi connectivity index (χ2n) is 4.40. The summed E-state index contributed by atoms with van der Waals surface area (Å²) in [6.07, 6.45) is 1.79. The van der Waals surface area contributed by atoms with Crippen LogP contribution in [0.5, 0.6) is 0 Å². The zero-order valence-electron chi connectivity index (χ0n) is 10.9. The van der Waals surface area contributed by atoms with Crippen molar-refractivity contribution in [1.82, 2.24) is 9.97 Å². The van der Waals surface area contributed by atoms with Crippen LogP contribution >= 0.6 is 15.9 Å². The predicted octanol–water partition coefficient (Wildman–Crippen LogP) is 3.89. The minimum absolute atomic E-state index is 0.264. The van der Waals surface area contributed by atoms with Crippen molar-refractivity contribution in [2.24, 2.45) is 0 Å². The van der Waals surface area contributed by atoms with Gasteiger partial charge in [-0.25, -0.2) is 14.4 Å². The van der Waals surface area contributed by atoms with E-state index in [1.165, 1.54) is 12.1 Å². The third kappa shape index (κ3) is 2.92. The number of nitrogen functional groups attached to an aromatic ring is 1. The summed E-state index contributed by atoms with van der Waals surface area (Å²) in [5.41, 5.74) is 8.38. The van der Waals surface area contributed by atoms with E-state index in [1.807, 2.05) is 6.92 Å². The normalized spacial score (nSPS) is 10.7. The molecule has 1 heterocycles. The van der Waals surface area contributed by atoms with E-state index in [0.717, 1.165) is 34.1 Å². The summed E-state index contributed by atoms with van der Waals surface area (Å²) >= 11 is 3.41. The molecule has 0 aliphatic heterocycles. The van der Waals surface area contributed by atoms with E-state index in [4.69, 9.17) is 5.73 Å². The number of aryl methyl sites for hydroxylation is 2. The maximum atomic E-state index is 13.1. The summed E-state index contributed by atoms with van der Waals surface area (Å²) in [6, 6.07) is 4.56. The van der Waals surface area contributed by atoms with Crippen LogP contribution in [0.2, 0.25) is 0 Å². The fourth-order valence-corrected chi connectivity index (χ4v) is 2.29. The Hall–Kier alpha value is -1.49. The maximum absolute atomic E-state index is 13.1. The average molecular weight is 324 g/mol. The molecule has 5 heteroatoms. The molecular formula is C14H15BrFN3. The molecule has 3 nitrogen and oxygen atoms in total. The predicted molar refractivity (Wildman–Crippen MR) is 78.3 cm³/mol. The van der Waals surface area contributed by atoms with Gasteiger partial charge in [0.05, 0.1) is 10.2 Å². The van der Waals surface area contributed by atoms with Gasteiger partial charge in [0.15, 0.2) is 5.82 Å². The topological polar surface area (TPSA) is 51.8 Å². The fourth-order valence-electron chi connectivity index (χ4n) is 1.91. The van der Waals surface area contributed by atoms with Crippen LogP contribution in [0.3, 0.4) is 0 Å². The largest absolute Gasteiger partial charge is 0.383 e. The number of halogens is 2. The first-order valence-electron chi connectivity index (χ1n) is 6.11. The Morgan fingerprint density at radius 2 is 2.05 bits per heavy atom. The molecule has 2 N–H and O–H groups in total. The summed E-state index contributed by atoms with van der Waals surface area (Å²) in [5, 5.41) is 0. The molecule has 0 spiro atoms. The van der Waals surface area contributed by atoms with Crippen molar-refractivity contribution in [3.63, 3.8) is 0 Å². The number of nitrogens with zero attached hydrogens (tertiary/aromatic N) is 2. The van der Waals surface area contributed by atoms with E-state index in [0.29, 0.717) is 11.6 Å². The van der Waals surface area contributed by atoms with Gasteiger partial charge in [-0.1, -0.05) is 13.3 Å². The van der Waals surface area contributed by atoms with Crippen LogP contribution in [0.4, 0.5) is 10.2 Å². The Labute approximate surface area is 120 Å². The van der Waals surface area contributed by atoms with Crippen LogP contribution in [0.1, 0.15) is 24.6 Å². The molecule has 0 fully saturated rings. The molecule has 0 aliphatic rings. The number of rotatable bonds is 3. The third-order valence-corrected chi connectivity index (χ3v) is 3.73. The lowest BCUT2D eigenvalue weighted by atomic mass is 10.1. The fraction of sp³-hybridized carbons (Fsp3) is 0.286. The lowest BCUT2D eigenvalue weighted by Gasteiger charge is -2.10. The molecular weight excluding hydrogens is 309 g/mol. The van der Waals surface area contributed by atoms with Gasteiger partial charge in [0.2, 0.25) is 0 Å². The van der Waals surface area contributed by atoms with Crippen molar-refractivity contribution in [1.29, 1.82) is 0 Å². The van der Waals surface area contributed by atoms with Crippen LogP contribution < -0.4 is 5.73 Å². The summed E-state index contributed by atoms with van der Waals surface area (Å²) in [6.45, 7) is 3.91. The van der Waals surface area contributed by atoms with E-state index in [2.05, 4.69) is 32.8 Å². The summed E-state index contributed by atoms with van der Waals surface area (Å²) in [4.78, 5) is 8.80. The van der Waals surface area contributed by atoms with E-state index < -0.39 is 0 Å². The van der Waals surface area contributed by atoms with Crippen molar-refractivity contribution >= 4 is 21.7 Å². The average Bonchev–Trinajstić information content (AvgIpc) is 2.35. The van der Waals surface area contributed by atoms with E-state index in [1.54, 1.807) is 6.07 Å². The maximum Gasteiger partial charge on any atom is 0.162 e. The van der Waals surface area contributed by atoms with Gasteiger partial charge in [-0.3, -0.25) is 0 Å². The standard InChI is InChI=1S/C14H15BrFN3/c1-3-4-11-12(15)13(17)19-14(18-11)10-6-5-9(16)7-8(10)2/h5-7H,3-4H2,1-2H3,(H2,17,18,19). The summed E-state index contributed by atoms with van der Waals surface area (Å²) < 4.78 is 13.9. The first kappa shape index (κ1) is 13.9. The molecule has 0 radical (unpaired) electrons. The quantitative estimate of drug-likeness (QED) is 0.932. The number of benzene rings is 1. The van der Waals surface area contributed by atoms with Gasteiger partial charge in [0, 0.05) is 5.56 Å². The zero-order chi connectivity index (χ0) is 14.0. The van der Waals surface area contributed by atoms with Crippen molar-refractivity contribution in [2.75, 3.05) is 5.73 Å². The highest BCUT2D eigenvalue weighted by atomic mass is 79.9. The van der Waals surface area contributed by atoms with E-state index in [-0.39, 0.29) is 5.82 Å².